The van der Waals surface area contributed by atoms with Gasteiger partial charge in [-0.3, -0.25) is 4.90 Å². The summed E-state index contributed by atoms with van der Waals surface area (Å²) in [6.45, 7) is 5.19. The van der Waals surface area contributed by atoms with Crippen molar-refractivity contribution in [3.8, 4) is 0 Å². The van der Waals surface area contributed by atoms with Gasteiger partial charge in [-0.25, -0.2) is 4.79 Å². The highest BCUT2D eigenvalue weighted by molar-refractivity contribution is 7.99. The highest BCUT2D eigenvalue weighted by atomic mass is 35.5. The molecule has 1 aromatic rings. The number of thioether (sulfide) groups is 1. The van der Waals surface area contributed by atoms with Gasteiger partial charge in [0.1, 0.15) is 11.0 Å². The van der Waals surface area contributed by atoms with E-state index in [9.17, 15) is 14.7 Å². The molecule has 1 saturated heterocycles. The van der Waals surface area contributed by atoms with Gasteiger partial charge in [0.15, 0.2) is 0 Å². The van der Waals surface area contributed by atoms with Crippen LogP contribution in [-0.2, 0) is 9.53 Å². The number of nitrogens with zero attached hydrogens (tertiary/aromatic N) is 1. The molecule has 1 heterocycles. The number of amides is 1. The van der Waals surface area contributed by atoms with E-state index in [-0.39, 0.29) is 5.75 Å². The van der Waals surface area contributed by atoms with E-state index in [1.54, 1.807) is 45.0 Å². The summed E-state index contributed by atoms with van der Waals surface area (Å²) in [5, 5.41) is 11.3. The quantitative estimate of drug-likeness (QED) is 0.825. The zero-order valence-corrected chi connectivity index (χ0v) is 14.1. The van der Waals surface area contributed by atoms with Gasteiger partial charge in [-0.15, -0.1) is 11.8 Å². The fraction of sp³-hybridized carbons (Fsp3) is 0.467. The summed E-state index contributed by atoms with van der Waals surface area (Å²) >= 11 is 7.51. The van der Waals surface area contributed by atoms with E-state index in [1.165, 1.54) is 16.7 Å². The third-order valence-corrected chi connectivity index (χ3v) is 4.70. The van der Waals surface area contributed by atoms with Crippen LogP contribution in [0.5, 0.6) is 0 Å². The van der Waals surface area contributed by atoms with Gasteiger partial charge in [-0.2, -0.15) is 0 Å². The Morgan fingerprint density at radius 3 is 2.55 bits per heavy atom. The smallest absolute Gasteiger partial charge is 0.412 e. The molecule has 0 bridgehead atoms. The molecule has 0 unspecified atom stereocenters. The maximum absolute atomic E-state index is 12.4. The van der Waals surface area contributed by atoms with Crippen LogP contribution < -0.4 is 5.11 Å². The Hall–Kier alpha value is -1.40. The second-order valence-corrected chi connectivity index (χ2v) is 7.45. The van der Waals surface area contributed by atoms with Gasteiger partial charge in [0.05, 0.1) is 12.0 Å². The van der Waals surface area contributed by atoms with Crippen LogP contribution in [0.15, 0.2) is 24.3 Å². The lowest BCUT2D eigenvalue weighted by molar-refractivity contribution is -0.310. The Labute approximate surface area is 138 Å². The molecule has 0 spiro atoms. The summed E-state index contributed by atoms with van der Waals surface area (Å²) in [4.78, 5) is 25.0. The fourth-order valence-electron chi connectivity index (χ4n) is 2.14. The van der Waals surface area contributed by atoms with Crippen molar-refractivity contribution in [2.24, 2.45) is 0 Å². The van der Waals surface area contributed by atoms with Crippen molar-refractivity contribution in [2.45, 2.75) is 37.8 Å². The number of carbonyl (C=O) groups excluding carboxylic acids is 2. The molecule has 1 fully saturated rings. The zero-order chi connectivity index (χ0) is 16.5. The molecule has 1 aliphatic heterocycles. The molecule has 120 valence electrons. The number of rotatable bonds is 2. The van der Waals surface area contributed by atoms with Gasteiger partial charge >= 0.3 is 6.09 Å². The predicted octanol–water partition coefficient (Wildman–Crippen LogP) is 2.44. The van der Waals surface area contributed by atoms with Gasteiger partial charge in [-0.1, -0.05) is 29.8 Å². The zero-order valence-electron chi connectivity index (χ0n) is 12.5. The second kappa shape index (κ2) is 6.38. The van der Waals surface area contributed by atoms with Crippen molar-refractivity contribution in [1.29, 1.82) is 0 Å². The molecule has 1 amide bonds. The van der Waals surface area contributed by atoms with Gasteiger partial charge in [-0.05, 0) is 26.8 Å². The van der Waals surface area contributed by atoms with Crippen LogP contribution in [0.4, 0.5) is 4.79 Å². The summed E-state index contributed by atoms with van der Waals surface area (Å²) in [5.74, 6) is -1.06. The third-order valence-electron chi connectivity index (χ3n) is 3.05. The Bertz CT molecular complexity index is 587. The fourth-order valence-corrected chi connectivity index (χ4v) is 3.88. The lowest BCUT2D eigenvalue weighted by Crippen LogP contribution is -2.50. The summed E-state index contributed by atoms with van der Waals surface area (Å²) in [6.07, 6.45) is -0.684. The first-order valence-electron chi connectivity index (χ1n) is 6.79. The van der Waals surface area contributed by atoms with Gasteiger partial charge in [0.25, 0.3) is 0 Å². The van der Waals surface area contributed by atoms with E-state index < -0.39 is 29.1 Å². The molecular formula is C15H17ClNO4S-. The summed E-state index contributed by atoms with van der Waals surface area (Å²) in [7, 11) is 0. The van der Waals surface area contributed by atoms with Crippen LogP contribution in [0.1, 0.15) is 31.7 Å². The van der Waals surface area contributed by atoms with Crippen molar-refractivity contribution in [3.63, 3.8) is 0 Å². The Morgan fingerprint density at radius 2 is 2.00 bits per heavy atom. The van der Waals surface area contributed by atoms with Crippen molar-refractivity contribution in [1.82, 2.24) is 4.90 Å². The second-order valence-electron chi connectivity index (χ2n) is 5.93. The highest BCUT2D eigenvalue weighted by Crippen LogP contribution is 2.44. The van der Waals surface area contributed by atoms with Crippen molar-refractivity contribution >= 4 is 35.4 Å². The van der Waals surface area contributed by atoms with Crippen LogP contribution in [0.25, 0.3) is 0 Å². The number of carbonyl (C=O) groups is 2. The molecule has 2 atom stereocenters. The van der Waals surface area contributed by atoms with E-state index in [1.807, 2.05) is 0 Å². The van der Waals surface area contributed by atoms with E-state index in [0.29, 0.717) is 10.6 Å². The Morgan fingerprint density at radius 1 is 1.36 bits per heavy atom. The summed E-state index contributed by atoms with van der Waals surface area (Å²) in [6, 6.07) is 6.01. The maximum Gasteiger partial charge on any atom is 0.412 e. The molecule has 0 saturated carbocycles. The summed E-state index contributed by atoms with van der Waals surface area (Å²) < 4.78 is 5.33. The number of halogens is 1. The Balaban J connectivity index is 2.35. The minimum atomic E-state index is -1.30. The topological polar surface area (TPSA) is 69.7 Å². The third kappa shape index (κ3) is 3.67. The summed E-state index contributed by atoms with van der Waals surface area (Å²) in [5.41, 5.74) is -0.0324. The molecule has 0 radical (unpaired) electrons. The van der Waals surface area contributed by atoms with Crippen LogP contribution in [0.2, 0.25) is 5.02 Å². The number of hydrogen-bond donors (Lipinski definition) is 0. The highest BCUT2D eigenvalue weighted by Gasteiger charge is 2.42. The molecule has 5 nitrogen and oxygen atoms in total. The molecular weight excluding hydrogens is 326 g/mol. The van der Waals surface area contributed by atoms with Gasteiger partial charge < -0.3 is 14.6 Å². The number of hydrogen-bond acceptors (Lipinski definition) is 5. The number of ether oxygens (including phenoxy) is 1. The van der Waals surface area contributed by atoms with Crippen LogP contribution in [-0.4, -0.2) is 34.4 Å². The maximum atomic E-state index is 12.4. The van der Waals surface area contributed by atoms with Crippen LogP contribution in [0.3, 0.4) is 0 Å². The molecule has 0 aromatic heterocycles. The van der Waals surface area contributed by atoms with Crippen molar-refractivity contribution < 1.29 is 19.4 Å². The van der Waals surface area contributed by atoms with E-state index in [2.05, 4.69) is 0 Å². The van der Waals surface area contributed by atoms with Crippen LogP contribution in [0, 0.1) is 0 Å². The average Bonchev–Trinajstić information content (AvgIpc) is 2.82. The van der Waals surface area contributed by atoms with E-state index in [4.69, 9.17) is 16.3 Å². The van der Waals surface area contributed by atoms with Crippen LogP contribution >= 0.6 is 23.4 Å². The number of benzene rings is 1. The number of aliphatic carboxylic acids is 1. The molecule has 22 heavy (non-hydrogen) atoms. The first-order valence-corrected chi connectivity index (χ1v) is 8.21. The SMILES string of the molecule is CC(C)(C)OC(=O)N1[C@H](C(=O)[O-])CS[C@H]1c1ccccc1Cl. The molecule has 2 rings (SSSR count). The van der Waals surface area contributed by atoms with Crippen molar-refractivity contribution in [2.75, 3.05) is 5.75 Å². The number of carboxylic acids is 1. The largest absolute Gasteiger partial charge is 0.548 e. The molecule has 0 N–H and O–H groups in total. The minimum Gasteiger partial charge on any atom is -0.548 e. The molecule has 0 aliphatic carbocycles. The standard InChI is InChI=1S/C15H18ClNO4S/c1-15(2,3)21-14(20)17-11(13(18)19)8-22-12(17)9-6-4-5-7-10(9)16/h4-7,11-12H,8H2,1-3H3,(H,18,19)/p-1/t11-,12-/m0/s1. The lowest BCUT2D eigenvalue weighted by Gasteiger charge is -2.32. The van der Waals surface area contributed by atoms with E-state index >= 15 is 0 Å². The molecule has 7 heteroatoms. The number of carboxylic acid groups (broad SMARTS) is 1. The Kier molecular flexibility index (Phi) is 4.92. The lowest BCUT2D eigenvalue weighted by atomic mass is 10.1. The van der Waals surface area contributed by atoms with E-state index in [0.717, 1.165) is 0 Å². The first kappa shape index (κ1) is 17.0. The average molecular weight is 343 g/mol. The molecule has 1 aliphatic rings. The molecule has 1 aromatic carbocycles. The first-order chi connectivity index (χ1) is 10.2. The van der Waals surface area contributed by atoms with Gasteiger partial charge in [0.2, 0.25) is 0 Å². The van der Waals surface area contributed by atoms with Gasteiger partial charge in [0, 0.05) is 16.3 Å². The minimum absolute atomic E-state index is 0.234. The van der Waals surface area contributed by atoms with Crippen molar-refractivity contribution in [3.05, 3.63) is 34.9 Å². The normalized spacial score (nSPS) is 21.7. The monoisotopic (exact) mass is 342 g/mol. The predicted molar refractivity (Wildman–Crippen MR) is 83.5 cm³/mol.